The summed E-state index contributed by atoms with van der Waals surface area (Å²) >= 11 is 0. The number of ether oxygens (including phenoxy) is 2. The number of rotatable bonds is 8. The highest BCUT2D eigenvalue weighted by molar-refractivity contribution is 4.73. The smallest absolute Gasteiger partial charge is 0.0697 e. The van der Waals surface area contributed by atoms with E-state index in [1.165, 1.54) is 0 Å². The van der Waals surface area contributed by atoms with Gasteiger partial charge in [0, 0.05) is 25.8 Å². The maximum absolute atomic E-state index is 5.88. The Balaban J connectivity index is 3.83. The van der Waals surface area contributed by atoms with Crippen molar-refractivity contribution in [1.29, 1.82) is 0 Å². The molecule has 0 rings (SSSR count). The van der Waals surface area contributed by atoms with Crippen LogP contribution >= 0.6 is 0 Å². The van der Waals surface area contributed by atoms with E-state index in [-0.39, 0.29) is 11.1 Å². The second-order valence-electron chi connectivity index (χ2n) is 6.25. The molecule has 0 aromatic rings. The molecule has 0 saturated carbocycles. The van der Waals surface area contributed by atoms with Gasteiger partial charge in [-0.2, -0.15) is 0 Å². The van der Waals surface area contributed by atoms with Gasteiger partial charge in [-0.15, -0.1) is 0 Å². The molecule has 17 heavy (non-hydrogen) atoms. The summed E-state index contributed by atoms with van der Waals surface area (Å²) < 4.78 is 11.3. The topological polar surface area (TPSA) is 30.5 Å². The molecule has 0 bridgehead atoms. The maximum atomic E-state index is 5.88. The Labute approximate surface area is 107 Å². The molecule has 0 aliphatic rings. The van der Waals surface area contributed by atoms with Gasteiger partial charge in [0.1, 0.15) is 0 Å². The summed E-state index contributed by atoms with van der Waals surface area (Å²) in [6, 6.07) is 0. The van der Waals surface area contributed by atoms with Crippen molar-refractivity contribution in [1.82, 2.24) is 5.32 Å². The summed E-state index contributed by atoms with van der Waals surface area (Å²) in [5, 5.41) is 3.48. The molecule has 3 heteroatoms. The van der Waals surface area contributed by atoms with Crippen LogP contribution in [0.2, 0.25) is 0 Å². The van der Waals surface area contributed by atoms with Gasteiger partial charge in [0.2, 0.25) is 0 Å². The summed E-state index contributed by atoms with van der Waals surface area (Å²) in [6.45, 7) is 14.5. The van der Waals surface area contributed by atoms with Crippen LogP contribution < -0.4 is 5.32 Å². The minimum absolute atomic E-state index is 0.0876. The second kappa shape index (κ2) is 7.34. The predicted molar refractivity (Wildman–Crippen MR) is 73.5 cm³/mol. The van der Waals surface area contributed by atoms with Gasteiger partial charge in [0.15, 0.2) is 0 Å². The van der Waals surface area contributed by atoms with Crippen molar-refractivity contribution in [3.63, 3.8) is 0 Å². The first kappa shape index (κ1) is 16.9. The van der Waals surface area contributed by atoms with Gasteiger partial charge in [-0.05, 0) is 47.5 Å². The van der Waals surface area contributed by atoms with E-state index in [9.17, 15) is 0 Å². The summed E-state index contributed by atoms with van der Waals surface area (Å²) in [7, 11) is 1.75. The number of nitrogens with one attached hydrogen (secondary N) is 1. The Morgan fingerprint density at radius 1 is 1.12 bits per heavy atom. The van der Waals surface area contributed by atoms with Crippen LogP contribution in [0.1, 0.15) is 54.4 Å². The molecule has 0 saturated heterocycles. The van der Waals surface area contributed by atoms with Crippen LogP contribution in [0.4, 0.5) is 0 Å². The lowest BCUT2D eigenvalue weighted by Crippen LogP contribution is -2.41. The minimum atomic E-state index is -0.0876. The van der Waals surface area contributed by atoms with Gasteiger partial charge >= 0.3 is 0 Å². The van der Waals surface area contributed by atoms with Crippen LogP contribution in [0.5, 0.6) is 0 Å². The molecule has 104 valence electrons. The summed E-state index contributed by atoms with van der Waals surface area (Å²) in [6.07, 6.45) is 2.26. The van der Waals surface area contributed by atoms with Crippen LogP contribution in [0, 0.1) is 0 Å². The Bertz CT molecular complexity index is 197. The highest BCUT2D eigenvalue weighted by Crippen LogP contribution is 2.13. The molecule has 0 spiro atoms. The summed E-state index contributed by atoms with van der Waals surface area (Å²) in [5.74, 6) is 0. The Hall–Kier alpha value is -0.120. The van der Waals surface area contributed by atoms with Crippen LogP contribution in [-0.2, 0) is 9.47 Å². The summed E-state index contributed by atoms with van der Waals surface area (Å²) in [5.41, 5.74) is 0.0678. The first-order valence-corrected chi connectivity index (χ1v) is 6.62. The van der Waals surface area contributed by atoms with Crippen molar-refractivity contribution in [2.75, 3.05) is 20.3 Å². The molecule has 0 aromatic carbocycles. The third-order valence-corrected chi connectivity index (χ3v) is 2.93. The van der Waals surface area contributed by atoms with Crippen LogP contribution in [0.3, 0.4) is 0 Å². The van der Waals surface area contributed by atoms with Crippen molar-refractivity contribution < 1.29 is 9.47 Å². The molecule has 1 unspecified atom stereocenters. The zero-order valence-corrected chi connectivity index (χ0v) is 12.7. The molecule has 0 heterocycles. The lowest BCUT2D eigenvalue weighted by Gasteiger charge is -2.27. The van der Waals surface area contributed by atoms with Crippen molar-refractivity contribution in [2.45, 2.75) is 71.6 Å². The Morgan fingerprint density at radius 3 is 2.12 bits per heavy atom. The highest BCUT2D eigenvalue weighted by Gasteiger charge is 2.18. The normalized spacial score (nSPS) is 15.0. The van der Waals surface area contributed by atoms with Gasteiger partial charge in [0.25, 0.3) is 0 Å². The largest absolute Gasteiger partial charge is 0.379 e. The predicted octanol–water partition coefficient (Wildman–Crippen LogP) is 2.98. The van der Waals surface area contributed by atoms with Gasteiger partial charge in [-0.3, -0.25) is 0 Å². The average Bonchev–Trinajstić information content (AvgIpc) is 2.21. The van der Waals surface area contributed by atoms with E-state index in [2.05, 4.69) is 46.9 Å². The molecule has 0 fully saturated rings. The first-order chi connectivity index (χ1) is 7.70. The minimum Gasteiger partial charge on any atom is -0.379 e. The molecule has 0 radical (unpaired) electrons. The summed E-state index contributed by atoms with van der Waals surface area (Å²) in [4.78, 5) is 0. The second-order valence-corrected chi connectivity index (χ2v) is 6.25. The van der Waals surface area contributed by atoms with Crippen molar-refractivity contribution in [3.05, 3.63) is 0 Å². The van der Waals surface area contributed by atoms with E-state index in [0.717, 1.165) is 26.0 Å². The highest BCUT2D eigenvalue weighted by atomic mass is 16.5. The third kappa shape index (κ3) is 9.57. The van der Waals surface area contributed by atoms with Crippen molar-refractivity contribution >= 4 is 0 Å². The van der Waals surface area contributed by atoms with Crippen LogP contribution in [0.15, 0.2) is 0 Å². The van der Waals surface area contributed by atoms with Crippen LogP contribution in [-0.4, -0.2) is 37.5 Å². The van der Waals surface area contributed by atoms with Crippen LogP contribution in [0.25, 0.3) is 0 Å². The number of hydrogen-bond acceptors (Lipinski definition) is 3. The molecule has 0 aliphatic carbocycles. The fourth-order valence-corrected chi connectivity index (χ4v) is 1.31. The van der Waals surface area contributed by atoms with Crippen molar-refractivity contribution in [2.24, 2.45) is 0 Å². The zero-order valence-electron chi connectivity index (χ0n) is 12.7. The van der Waals surface area contributed by atoms with E-state index in [4.69, 9.17) is 9.47 Å². The van der Waals surface area contributed by atoms with E-state index < -0.39 is 0 Å². The lowest BCUT2D eigenvalue weighted by molar-refractivity contribution is -0.0280. The average molecular weight is 245 g/mol. The van der Waals surface area contributed by atoms with Gasteiger partial charge in [-0.25, -0.2) is 0 Å². The van der Waals surface area contributed by atoms with E-state index >= 15 is 0 Å². The lowest BCUT2D eigenvalue weighted by atomic mass is 10.1. The fraction of sp³-hybridized carbons (Fsp3) is 1.00. The van der Waals surface area contributed by atoms with Gasteiger partial charge < -0.3 is 14.8 Å². The number of hydrogen-bond donors (Lipinski definition) is 1. The van der Waals surface area contributed by atoms with E-state index in [0.29, 0.717) is 6.10 Å². The molecular weight excluding hydrogens is 214 g/mol. The number of methoxy groups -OCH3 is 1. The molecule has 1 atom stereocenters. The first-order valence-electron chi connectivity index (χ1n) is 6.62. The molecule has 0 aromatic heterocycles. The van der Waals surface area contributed by atoms with Crippen molar-refractivity contribution in [3.8, 4) is 0 Å². The molecular formula is C14H31NO2. The standard InChI is InChI=1S/C14H31NO2/c1-8-12(11-15-13(2,3)4)17-10-9-14(5,6)16-7/h12,15H,8-11H2,1-7H3. The molecule has 0 aliphatic heterocycles. The van der Waals surface area contributed by atoms with E-state index in [1.54, 1.807) is 7.11 Å². The van der Waals surface area contributed by atoms with Gasteiger partial charge in [0.05, 0.1) is 11.7 Å². The monoisotopic (exact) mass is 245 g/mol. The Morgan fingerprint density at radius 2 is 1.71 bits per heavy atom. The van der Waals surface area contributed by atoms with Gasteiger partial charge in [-0.1, -0.05) is 6.92 Å². The third-order valence-electron chi connectivity index (χ3n) is 2.93. The zero-order chi connectivity index (χ0) is 13.5. The Kier molecular flexibility index (Phi) is 7.29. The maximum Gasteiger partial charge on any atom is 0.0697 e. The quantitative estimate of drug-likeness (QED) is 0.713. The molecule has 0 amide bonds. The fourth-order valence-electron chi connectivity index (χ4n) is 1.31. The molecule has 3 nitrogen and oxygen atoms in total. The van der Waals surface area contributed by atoms with E-state index in [1.807, 2.05) is 0 Å². The molecule has 1 N–H and O–H groups in total. The SMILES string of the molecule is CCC(CNC(C)(C)C)OCCC(C)(C)OC.